The van der Waals surface area contributed by atoms with Crippen LogP contribution >= 0.6 is 0 Å². The number of amides is 1. The van der Waals surface area contributed by atoms with Gasteiger partial charge >= 0.3 is 5.97 Å². The smallest absolute Gasteiger partial charge is 0.323 e. The van der Waals surface area contributed by atoms with E-state index in [4.69, 9.17) is 4.74 Å². The molecule has 1 aromatic rings. The summed E-state index contributed by atoms with van der Waals surface area (Å²) in [6.45, 7) is 10.1. The number of carbonyl (C=O) groups is 2. The summed E-state index contributed by atoms with van der Waals surface area (Å²) in [6.07, 6.45) is 2.29. The summed E-state index contributed by atoms with van der Waals surface area (Å²) < 4.78 is 7.34. The number of aromatic nitrogens is 2. The van der Waals surface area contributed by atoms with E-state index in [1.165, 1.54) is 4.90 Å². The van der Waals surface area contributed by atoms with Crippen molar-refractivity contribution in [3.63, 3.8) is 0 Å². The van der Waals surface area contributed by atoms with Crippen molar-refractivity contribution < 1.29 is 19.4 Å². The van der Waals surface area contributed by atoms with Crippen molar-refractivity contribution in [2.24, 2.45) is 5.92 Å². The van der Waals surface area contributed by atoms with Crippen LogP contribution in [0.2, 0.25) is 0 Å². The van der Waals surface area contributed by atoms with Crippen molar-refractivity contribution in [3.05, 3.63) is 17.0 Å². The van der Waals surface area contributed by atoms with Crippen LogP contribution in [0, 0.1) is 19.8 Å². The Morgan fingerprint density at radius 1 is 1.31 bits per heavy atom. The molecule has 0 spiro atoms. The van der Waals surface area contributed by atoms with Gasteiger partial charge in [0, 0.05) is 37.9 Å². The van der Waals surface area contributed by atoms with Crippen LogP contribution in [0.15, 0.2) is 0 Å². The normalized spacial score (nSPS) is 15.4. The molecule has 0 unspecified atom stereocenters. The molecule has 1 fully saturated rings. The van der Waals surface area contributed by atoms with Gasteiger partial charge in [0.2, 0.25) is 5.91 Å². The van der Waals surface area contributed by atoms with Crippen LogP contribution in [0.25, 0.3) is 0 Å². The zero-order valence-electron chi connectivity index (χ0n) is 16.3. The Morgan fingerprint density at radius 2 is 1.96 bits per heavy atom. The van der Waals surface area contributed by atoms with E-state index in [9.17, 15) is 14.7 Å². The fourth-order valence-corrected chi connectivity index (χ4v) is 3.56. The maximum atomic E-state index is 12.8. The first kappa shape index (κ1) is 20.4. The number of carboxylic acid groups (broad SMARTS) is 1. The van der Waals surface area contributed by atoms with Crippen LogP contribution in [-0.2, 0) is 27.3 Å². The van der Waals surface area contributed by atoms with E-state index in [2.05, 4.69) is 18.9 Å². The lowest BCUT2D eigenvalue weighted by molar-refractivity contribution is -0.147. The molecule has 1 aliphatic heterocycles. The predicted molar refractivity (Wildman–Crippen MR) is 98.0 cm³/mol. The van der Waals surface area contributed by atoms with Gasteiger partial charge in [-0.3, -0.25) is 14.3 Å². The summed E-state index contributed by atoms with van der Waals surface area (Å²) in [6, 6.07) is -0.0433. The highest BCUT2D eigenvalue weighted by Crippen LogP contribution is 2.19. The second-order valence-corrected chi connectivity index (χ2v) is 7.48. The van der Waals surface area contributed by atoms with Gasteiger partial charge in [-0.15, -0.1) is 0 Å². The van der Waals surface area contributed by atoms with Gasteiger partial charge in [0.1, 0.15) is 6.54 Å². The molecule has 26 heavy (non-hydrogen) atoms. The minimum atomic E-state index is -0.970. The van der Waals surface area contributed by atoms with Gasteiger partial charge in [0.15, 0.2) is 0 Å². The minimum absolute atomic E-state index is 0.0433. The van der Waals surface area contributed by atoms with Crippen molar-refractivity contribution in [1.29, 1.82) is 0 Å². The average molecular weight is 365 g/mol. The highest BCUT2D eigenvalue weighted by molar-refractivity contribution is 5.81. The molecule has 0 saturated carbocycles. The van der Waals surface area contributed by atoms with Crippen LogP contribution in [0.5, 0.6) is 0 Å². The third-order valence-electron chi connectivity index (χ3n) is 4.92. The van der Waals surface area contributed by atoms with Crippen LogP contribution in [-0.4, -0.2) is 57.5 Å². The van der Waals surface area contributed by atoms with Crippen molar-refractivity contribution >= 4 is 11.9 Å². The Balaban J connectivity index is 2.05. The first-order chi connectivity index (χ1) is 12.3. The number of nitrogens with zero attached hydrogens (tertiary/aromatic N) is 3. The molecule has 1 N–H and O–H groups in total. The molecule has 2 heterocycles. The molecule has 2 rings (SSSR count). The van der Waals surface area contributed by atoms with Gasteiger partial charge in [0.05, 0.1) is 5.69 Å². The third kappa shape index (κ3) is 5.30. The van der Waals surface area contributed by atoms with Crippen LogP contribution in [0.4, 0.5) is 0 Å². The van der Waals surface area contributed by atoms with E-state index in [0.29, 0.717) is 44.8 Å². The quantitative estimate of drug-likeness (QED) is 0.763. The highest BCUT2D eigenvalue weighted by atomic mass is 16.5. The summed E-state index contributed by atoms with van der Waals surface area (Å²) in [4.78, 5) is 25.5. The molecule has 1 saturated heterocycles. The number of carbonyl (C=O) groups excluding carboxylic acids is 1. The van der Waals surface area contributed by atoms with Crippen molar-refractivity contribution in [2.75, 3.05) is 19.8 Å². The van der Waals surface area contributed by atoms with Gasteiger partial charge < -0.3 is 14.7 Å². The van der Waals surface area contributed by atoms with Crippen molar-refractivity contribution in [1.82, 2.24) is 14.7 Å². The summed E-state index contributed by atoms with van der Waals surface area (Å²) in [5.41, 5.74) is 3.15. The first-order valence-electron chi connectivity index (χ1n) is 9.41. The van der Waals surface area contributed by atoms with Gasteiger partial charge in [-0.2, -0.15) is 5.10 Å². The lowest BCUT2D eigenvalue weighted by Crippen LogP contribution is -2.46. The molecule has 146 valence electrons. The Bertz CT molecular complexity index is 633. The van der Waals surface area contributed by atoms with Crippen molar-refractivity contribution in [3.8, 4) is 0 Å². The summed E-state index contributed by atoms with van der Waals surface area (Å²) >= 11 is 0. The lowest BCUT2D eigenvalue weighted by Gasteiger charge is -2.33. The number of carboxylic acids is 1. The molecular formula is C19H31N3O4. The van der Waals surface area contributed by atoms with E-state index < -0.39 is 5.97 Å². The maximum absolute atomic E-state index is 12.8. The van der Waals surface area contributed by atoms with E-state index >= 15 is 0 Å². The van der Waals surface area contributed by atoms with Crippen LogP contribution in [0.3, 0.4) is 0 Å². The maximum Gasteiger partial charge on any atom is 0.323 e. The zero-order chi connectivity index (χ0) is 19.3. The molecule has 7 heteroatoms. The van der Waals surface area contributed by atoms with E-state index in [0.717, 1.165) is 23.5 Å². The number of aryl methyl sites for hydroxylation is 1. The summed E-state index contributed by atoms with van der Waals surface area (Å²) in [5, 5.41) is 13.8. The molecular weight excluding hydrogens is 334 g/mol. The fraction of sp³-hybridized carbons (Fsp3) is 0.737. The predicted octanol–water partition coefficient (Wildman–Crippen LogP) is 2.18. The Labute approximate surface area is 155 Å². The molecule has 0 aliphatic carbocycles. The van der Waals surface area contributed by atoms with E-state index in [1.807, 2.05) is 18.5 Å². The Kier molecular flexibility index (Phi) is 7.20. The second kappa shape index (κ2) is 9.16. The molecule has 0 bridgehead atoms. The molecule has 7 nitrogen and oxygen atoms in total. The zero-order valence-corrected chi connectivity index (χ0v) is 16.3. The Hall–Kier alpha value is -1.89. The summed E-state index contributed by atoms with van der Waals surface area (Å²) in [7, 11) is 0. The van der Waals surface area contributed by atoms with Crippen molar-refractivity contribution in [2.45, 2.75) is 66.0 Å². The van der Waals surface area contributed by atoms with E-state index in [-0.39, 0.29) is 18.5 Å². The average Bonchev–Trinajstić information content (AvgIpc) is 2.84. The van der Waals surface area contributed by atoms with Gasteiger partial charge in [-0.05, 0) is 44.6 Å². The summed E-state index contributed by atoms with van der Waals surface area (Å²) in [5.74, 6) is -0.571. The number of ether oxygens (including phenoxy) is 1. The van der Waals surface area contributed by atoms with Gasteiger partial charge in [-0.1, -0.05) is 13.8 Å². The Morgan fingerprint density at radius 3 is 2.54 bits per heavy atom. The van der Waals surface area contributed by atoms with Gasteiger partial charge in [-0.25, -0.2) is 0 Å². The van der Waals surface area contributed by atoms with E-state index in [1.54, 1.807) is 0 Å². The molecule has 1 aromatic heterocycles. The molecule has 1 amide bonds. The molecule has 0 atom stereocenters. The molecule has 0 aromatic carbocycles. The van der Waals surface area contributed by atoms with Crippen LogP contribution in [0.1, 0.15) is 50.1 Å². The molecule has 1 aliphatic rings. The number of aliphatic carboxylic acids is 1. The first-order valence-corrected chi connectivity index (χ1v) is 9.41. The lowest BCUT2D eigenvalue weighted by atomic mass is 10.0. The highest BCUT2D eigenvalue weighted by Gasteiger charge is 2.27. The standard InChI is InChI=1S/C19H31N3O4/c1-13(2)11-22-15(4)17(14(3)20-22)5-6-18(23)21(12-19(24)25)16-7-9-26-10-8-16/h13,16H,5-12H2,1-4H3,(H,24,25). The van der Waals surface area contributed by atoms with Gasteiger partial charge in [0.25, 0.3) is 0 Å². The third-order valence-corrected chi connectivity index (χ3v) is 4.92. The topological polar surface area (TPSA) is 84.7 Å². The second-order valence-electron chi connectivity index (χ2n) is 7.48. The fourth-order valence-electron chi connectivity index (χ4n) is 3.56. The monoisotopic (exact) mass is 365 g/mol. The number of hydrogen-bond donors (Lipinski definition) is 1. The minimum Gasteiger partial charge on any atom is -0.480 e. The SMILES string of the molecule is Cc1nn(CC(C)C)c(C)c1CCC(=O)N(CC(=O)O)C1CCOCC1. The molecule has 0 radical (unpaired) electrons. The number of hydrogen-bond acceptors (Lipinski definition) is 4. The van der Waals surface area contributed by atoms with Crippen LogP contribution < -0.4 is 0 Å². The number of rotatable bonds is 8. The largest absolute Gasteiger partial charge is 0.480 e.